The molecule has 0 spiro atoms. The van der Waals surface area contributed by atoms with Crippen LogP contribution in [0.3, 0.4) is 0 Å². The summed E-state index contributed by atoms with van der Waals surface area (Å²) in [7, 11) is 0. The Morgan fingerprint density at radius 3 is 2.47 bits per heavy atom. The molecule has 0 aliphatic heterocycles. The van der Waals surface area contributed by atoms with E-state index < -0.39 is 0 Å². The van der Waals surface area contributed by atoms with Crippen LogP contribution in [0.4, 0.5) is 0 Å². The third kappa shape index (κ3) is 6.57. The van der Waals surface area contributed by atoms with Crippen LogP contribution in [0.5, 0.6) is 0 Å². The lowest BCUT2D eigenvalue weighted by Crippen LogP contribution is -2.33. The maximum Gasteiger partial charge on any atom is 0.220 e. The van der Waals surface area contributed by atoms with E-state index in [0.29, 0.717) is 25.8 Å². The fourth-order valence-electron chi connectivity index (χ4n) is 2.39. The minimum atomic E-state index is -0.267. The molecule has 0 aromatic heterocycles. The Labute approximate surface area is 115 Å². The molecule has 2 atom stereocenters. The number of carbonyl (C=O) groups excluding carboxylic acids is 2. The van der Waals surface area contributed by atoms with Gasteiger partial charge in [-0.3, -0.25) is 9.59 Å². The van der Waals surface area contributed by atoms with Crippen LogP contribution in [-0.4, -0.2) is 35.6 Å². The van der Waals surface area contributed by atoms with Crippen molar-refractivity contribution in [1.82, 2.24) is 10.6 Å². The largest absolute Gasteiger partial charge is 0.393 e. The summed E-state index contributed by atoms with van der Waals surface area (Å²) in [5.41, 5.74) is 0. The van der Waals surface area contributed by atoms with Crippen LogP contribution >= 0.6 is 0 Å². The molecule has 3 N–H and O–H groups in total. The van der Waals surface area contributed by atoms with Gasteiger partial charge in [0.15, 0.2) is 0 Å². The molecule has 5 heteroatoms. The summed E-state index contributed by atoms with van der Waals surface area (Å²) in [4.78, 5) is 23.0. The predicted octanol–water partition coefficient (Wildman–Crippen LogP) is 0.958. The fourth-order valence-corrected chi connectivity index (χ4v) is 2.39. The van der Waals surface area contributed by atoms with Crippen molar-refractivity contribution in [2.24, 2.45) is 5.92 Å². The molecule has 1 aliphatic carbocycles. The summed E-state index contributed by atoms with van der Waals surface area (Å²) in [6, 6.07) is 0.144. The molecule has 0 bridgehead atoms. The van der Waals surface area contributed by atoms with Gasteiger partial charge in [0.2, 0.25) is 11.8 Å². The van der Waals surface area contributed by atoms with Crippen LogP contribution in [0.2, 0.25) is 0 Å². The standard InChI is InChI=1S/C14H26N2O3/c1-10(2)16-14(19)8-4-7-13(18)15-9-11-5-3-6-12(11)17/h10-12,17H,3-9H2,1-2H3,(H,15,18)(H,16,19). The normalized spacial score (nSPS) is 22.5. The van der Waals surface area contributed by atoms with Gasteiger partial charge in [-0.25, -0.2) is 0 Å². The molecular weight excluding hydrogens is 244 g/mol. The lowest BCUT2D eigenvalue weighted by Gasteiger charge is -2.15. The first-order valence-corrected chi connectivity index (χ1v) is 7.23. The Hall–Kier alpha value is -1.10. The summed E-state index contributed by atoms with van der Waals surface area (Å²) in [6.07, 6.45) is 3.92. The molecule has 0 aromatic carbocycles. The predicted molar refractivity (Wildman–Crippen MR) is 73.5 cm³/mol. The second-order valence-electron chi connectivity index (χ2n) is 5.64. The SMILES string of the molecule is CC(C)NC(=O)CCCC(=O)NCC1CCCC1O. The first-order chi connectivity index (χ1) is 8.99. The van der Waals surface area contributed by atoms with E-state index in [2.05, 4.69) is 10.6 Å². The minimum absolute atomic E-state index is 0.00554. The van der Waals surface area contributed by atoms with E-state index >= 15 is 0 Å². The Balaban J connectivity index is 2.06. The number of amides is 2. The summed E-state index contributed by atoms with van der Waals surface area (Å²) in [5.74, 6) is 0.165. The van der Waals surface area contributed by atoms with Crippen LogP contribution in [0, 0.1) is 5.92 Å². The number of carbonyl (C=O) groups is 2. The van der Waals surface area contributed by atoms with Crippen molar-refractivity contribution in [2.75, 3.05) is 6.54 Å². The van der Waals surface area contributed by atoms with E-state index in [9.17, 15) is 14.7 Å². The molecule has 19 heavy (non-hydrogen) atoms. The average Bonchev–Trinajstić information content (AvgIpc) is 2.71. The molecule has 1 rings (SSSR count). The second kappa shape index (κ2) is 8.15. The zero-order valence-electron chi connectivity index (χ0n) is 11.9. The van der Waals surface area contributed by atoms with Crippen molar-refractivity contribution in [2.45, 2.75) is 64.5 Å². The maximum atomic E-state index is 11.6. The Morgan fingerprint density at radius 1 is 1.21 bits per heavy atom. The first kappa shape index (κ1) is 16.0. The summed E-state index contributed by atoms with van der Waals surface area (Å²) in [6.45, 7) is 4.38. The number of hydrogen-bond donors (Lipinski definition) is 3. The molecular formula is C14H26N2O3. The average molecular weight is 270 g/mol. The Morgan fingerprint density at radius 2 is 1.89 bits per heavy atom. The van der Waals surface area contributed by atoms with E-state index in [1.165, 1.54) is 0 Å². The van der Waals surface area contributed by atoms with E-state index in [1.807, 2.05) is 13.8 Å². The molecule has 0 heterocycles. The third-order valence-electron chi connectivity index (χ3n) is 3.44. The number of aliphatic hydroxyl groups excluding tert-OH is 1. The highest BCUT2D eigenvalue weighted by molar-refractivity contribution is 5.78. The zero-order valence-corrected chi connectivity index (χ0v) is 11.9. The molecule has 5 nitrogen and oxygen atoms in total. The van der Waals surface area contributed by atoms with Gasteiger partial charge in [-0.05, 0) is 33.1 Å². The minimum Gasteiger partial charge on any atom is -0.393 e. The Bertz CT molecular complexity index is 305. The number of aliphatic hydroxyl groups is 1. The highest BCUT2D eigenvalue weighted by Crippen LogP contribution is 2.24. The lowest BCUT2D eigenvalue weighted by molar-refractivity contribution is -0.122. The highest BCUT2D eigenvalue weighted by atomic mass is 16.3. The second-order valence-corrected chi connectivity index (χ2v) is 5.64. The lowest BCUT2D eigenvalue weighted by atomic mass is 10.1. The molecule has 1 aliphatic rings. The van der Waals surface area contributed by atoms with E-state index in [0.717, 1.165) is 19.3 Å². The zero-order chi connectivity index (χ0) is 14.3. The van der Waals surface area contributed by atoms with Crippen LogP contribution < -0.4 is 10.6 Å². The van der Waals surface area contributed by atoms with Gasteiger partial charge in [-0.1, -0.05) is 6.42 Å². The van der Waals surface area contributed by atoms with Crippen molar-refractivity contribution in [3.63, 3.8) is 0 Å². The van der Waals surface area contributed by atoms with Crippen molar-refractivity contribution in [3.8, 4) is 0 Å². The van der Waals surface area contributed by atoms with E-state index in [1.54, 1.807) is 0 Å². The van der Waals surface area contributed by atoms with Crippen LogP contribution in [0.1, 0.15) is 52.4 Å². The van der Waals surface area contributed by atoms with Gasteiger partial charge in [0.25, 0.3) is 0 Å². The summed E-state index contributed by atoms with van der Waals surface area (Å²) < 4.78 is 0. The van der Waals surface area contributed by atoms with Gasteiger partial charge in [0.05, 0.1) is 6.10 Å². The van der Waals surface area contributed by atoms with Gasteiger partial charge < -0.3 is 15.7 Å². The number of nitrogens with one attached hydrogen (secondary N) is 2. The molecule has 1 saturated carbocycles. The van der Waals surface area contributed by atoms with Crippen LogP contribution in [0.15, 0.2) is 0 Å². The highest BCUT2D eigenvalue weighted by Gasteiger charge is 2.25. The van der Waals surface area contributed by atoms with E-state index in [4.69, 9.17) is 0 Å². The van der Waals surface area contributed by atoms with Gasteiger partial charge in [-0.2, -0.15) is 0 Å². The van der Waals surface area contributed by atoms with Crippen molar-refractivity contribution in [1.29, 1.82) is 0 Å². The van der Waals surface area contributed by atoms with Gasteiger partial charge in [-0.15, -0.1) is 0 Å². The number of rotatable bonds is 7. The molecule has 0 aromatic rings. The molecule has 0 saturated heterocycles. The van der Waals surface area contributed by atoms with Crippen molar-refractivity contribution < 1.29 is 14.7 Å². The van der Waals surface area contributed by atoms with Gasteiger partial charge in [0, 0.05) is 31.3 Å². The van der Waals surface area contributed by atoms with Crippen LogP contribution in [0.25, 0.3) is 0 Å². The number of hydrogen-bond acceptors (Lipinski definition) is 3. The summed E-state index contributed by atoms with van der Waals surface area (Å²) in [5, 5.41) is 15.3. The van der Waals surface area contributed by atoms with Gasteiger partial charge in [0.1, 0.15) is 0 Å². The van der Waals surface area contributed by atoms with Crippen molar-refractivity contribution >= 4 is 11.8 Å². The maximum absolute atomic E-state index is 11.6. The quantitative estimate of drug-likeness (QED) is 0.644. The first-order valence-electron chi connectivity index (χ1n) is 7.23. The monoisotopic (exact) mass is 270 g/mol. The molecule has 2 unspecified atom stereocenters. The topological polar surface area (TPSA) is 78.4 Å². The molecule has 1 fully saturated rings. The molecule has 2 amide bonds. The van der Waals surface area contributed by atoms with Crippen molar-refractivity contribution in [3.05, 3.63) is 0 Å². The third-order valence-corrected chi connectivity index (χ3v) is 3.44. The summed E-state index contributed by atoms with van der Waals surface area (Å²) >= 11 is 0. The van der Waals surface area contributed by atoms with Crippen LogP contribution in [-0.2, 0) is 9.59 Å². The fraction of sp³-hybridized carbons (Fsp3) is 0.857. The van der Waals surface area contributed by atoms with Gasteiger partial charge >= 0.3 is 0 Å². The van der Waals surface area contributed by atoms with E-state index in [-0.39, 0.29) is 29.9 Å². The Kier molecular flexibility index (Phi) is 6.84. The molecule has 110 valence electrons. The molecule has 0 radical (unpaired) electrons. The smallest absolute Gasteiger partial charge is 0.220 e.